The van der Waals surface area contributed by atoms with E-state index in [0.717, 1.165) is 34.2 Å². The predicted molar refractivity (Wildman–Crippen MR) is 119 cm³/mol. The molecule has 0 bridgehead atoms. The van der Waals surface area contributed by atoms with Crippen LogP contribution in [-0.4, -0.2) is 50.4 Å². The van der Waals surface area contributed by atoms with Gasteiger partial charge in [-0.05, 0) is 38.0 Å². The van der Waals surface area contributed by atoms with E-state index < -0.39 is 5.60 Å². The molecule has 1 saturated heterocycles. The van der Waals surface area contributed by atoms with E-state index in [4.69, 9.17) is 9.72 Å². The van der Waals surface area contributed by atoms with E-state index in [1.807, 2.05) is 42.2 Å². The lowest BCUT2D eigenvalue weighted by Crippen LogP contribution is -2.34. The van der Waals surface area contributed by atoms with Crippen LogP contribution < -0.4 is 4.74 Å². The van der Waals surface area contributed by atoms with Gasteiger partial charge in [-0.25, -0.2) is 4.98 Å². The first-order chi connectivity index (χ1) is 15.0. The summed E-state index contributed by atoms with van der Waals surface area (Å²) in [6, 6.07) is 11.5. The molecule has 1 amide bonds. The molecule has 1 aromatic carbocycles. The fourth-order valence-corrected chi connectivity index (χ4v) is 5.11. The quantitative estimate of drug-likeness (QED) is 0.636. The summed E-state index contributed by atoms with van der Waals surface area (Å²) in [5, 5.41) is 16.2. The fourth-order valence-electron chi connectivity index (χ4n) is 3.92. The number of hydrogen-bond acceptors (Lipinski definition) is 6. The maximum Gasteiger partial charge on any atom is 0.272 e. The number of rotatable bonds is 6. The molecule has 1 aliphatic rings. The minimum atomic E-state index is -1.00. The molecule has 4 rings (SSSR count). The average molecular weight is 441 g/mol. The van der Waals surface area contributed by atoms with Crippen molar-refractivity contribution in [3.05, 3.63) is 63.9 Å². The van der Waals surface area contributed by atoms with Crippen molar-refractivity contribution >= 4 is 17.2 Å². The standard InChI is InChI=1S/C23H28N4O3S/c1-17-20(10-16-30-18-7-4-3-5-8-18)31-22(25-17)23(29)11-6-14-27(15-12-23)21(28)19-9-13-24-26(19)2/h3-5,7-9,13,29H,6,10-12,14-16H2,1-2H3. The summed E-state index contributed by atoms with van der Waals surface area (Å²) in [6.45, 7) is 3.66. The number of aryl methyl sites for hydroxylation is 2. The number of para-hydroxylation sites is 1. The van der Waals surface area contributed by atoms with Crippen LogP contribution in [0, 0.1) is 6.92 Å². The van der Waals surface area contributed by atoms with Crippen LogP contribution in [0.15, 0.2) is 42.6 Å². The fraction of sp³-hybridized carbons (Fsp3) is 0.435. The highest BCUT2D eigenvalue weighted by Gasteiger charge is 2.36. The van der Waals surface area contributed by atoms with Gasteiger partial charge in [-0.15, -0.1) is 11.3 Å². The van der Waals surface area contributed by atoms with E-state index in [-0.39, 0.29) is 5.91 Å². The molecule has 1 aliphatic heterocycles. The number of thiazole rings is 1. The Kier molecular flexibility index (Phi) is 6.38. The highest BCUT2D eigenvalue weighted by molar-refractivity contribution is 7.11. The number of ether oxygens (including phenoxy) is 1. The predicted octanol–water partition coefficient (Wildman–Crippen LogP) is 3.32. The number of hydrogen-bond donors (Lipinski definition) is 1. The van der Waals surface area contributed by atoms with Crippen LogP contribution in [0.3, 0.4) is 0 Å². The Morgan fingerprint density at radius 3 is 2.77 bits per heavy atom. The van der Waals surface area contributed by atoms with Crippen LogP contribution in [0.2, 0.25) is 0 Å². The molecular formula is C23H28N4O3S. The zero-order valence-electron chi connectivity index (χ0n) is 18.0. The van der Waals surface area contributed by atoms with E-state index in [1.165, 1.54) is 0 Å². The molecule has 3 heterocycles. The number of amides is 1. The monoisotopic (exact) mass is 440 g/mol. The van der Waals surface area contributed by atoms with Crippen molar-refractivity contribution in [2.75, 3.05) is 19.7 Å². The van der Waals surface area contributed by atoms with Crippen LogP contribution in [0.25, 0.3) is 0 Å². The van der Waals surface area contributed by atoms with Gasteiger partial charge < -0.3 is 14.7 Å². The van der Waals surface area contributed by atoms with Crippen LogP contribution >= 0.6 is 11.3 Å². The third-order valence-electron chi connectivity index (χ3n) is 5.77. The van der Waals surface area contributed by atoms with E-state index >= 15 is 0 Å². The number of likely N-dealkylation sites (tertiary alicyclic amines) is 1. The lowest BCUT2D eigenvalue weighted by atomic mass is 9.96. The lowest BCUT2D eigenvalue weighted by molar-refractivity contribution is 0.0209. The molecule has 1 atom stereocenters. The molecule has 1 fully saturated rings. The summed E-state index contributed by atoms with van der Waals surface area (Å²) in [4.78, 5) is 20.5. The van der Waals surface area contributed by atoms with Crippen LogP contribution in [0.1, 0.15) is 45.3 Å². The van der Waals surface area contributed by atoms with Gasteiger partial charge in [0, 0.05) is 44.1 Å². The zero-order valence-corrected chi connectivity index (χ0v) is 18.8. The van der Waals surface area contributed by atoms with Crippen LogP contribution in [0.5, 0.6) is 5.75 Å². The minimum Gasteiger partial charge on any atom is -0.493 e. The number of carbonyl (C=O) groups excluding carboxylic acids is 1. The minimum absolute atomic E-state index is 0.0432. The second-order valence-electron chi connectivity index (χ2n) is 7.96. The average Bonchev–Trinajstić information content (AvgIpc) is 3.30. The molecule has 0 spiro atoms. The molecule has 0 radical (unpaired) electrons. The maximum absolute atomic E-state index is 12.8. The Hall–Kier alpha value is -2.71. The molecule has 1 N–H and O–H groups in total. The molecule has 164 valence electrons. The van der Waals surface area contributed by atoms with Gasteiger partial charge in [-0.1, -0.05) is 18.2 Å². The van der Waals surface area contributed by atoms with Crippen molar-refractivity contribution in [3.8, 4) is 5.75 Å². The normalized spacial score (nSPS) is 19.3. The third kappa shape index (κ3) is 4.80. The van der Waals surface area contributed by atoms with E-state index in [2.05, 4.69) is 5.10 Å². The molecule has 31 heavy (non-hydrogen) atoms. The summed E-state index contributed by atoms with van der Waals surface area (Å²) in [6.07, 6.45) is 4.17. The van der Waals surface area contributed by atoms with Crippen molar-refractivity contribution in [1.82, 2.24) is 19.7 Å². The summed E-state index contributed by atoms with van der Waals surface area (Å²) < 4.78 is 7.41. The smallest absolute Gasteiger partial charge is 0.272 e. The lowest BCUT2D eigenvalue weighted by Gasteiger charge is -2.24. The van der Waals surface area contributed by atoms with Gasteiger partial charge in [-0.2, -0.15) is 5.10 Å². The summed E-state index contributed by atoms with van der Waals surface area (Å²) in [5.74, 6) is 0.809. The Labute approximate surface area is 186 Å². The third-order valence-corrected chi connectivity index (χ3v) is 7.18. The Morgan fingerprint density at radius 2 is 2.03 bits per heavy atom. The van der Waals surface area contributed by atoms with Crippen LogP contribution in [0.4, 0.5) is 0 Å². The number of nitrogens with zero attached hydrogens (tertiary/aromatic N) is 4. The second-order valence-corrected chi connectivity index (χ2v) is 9.04. The first kappa shape index (κ1) is 21.5. The highest BCUT2D eigenvalue weighted by atomic mass is 32.1. The molecule has 7 nitrogen and oxygen atoms in total. The molecular weight excluding hydrogens is 412 g/mol. The van der Waals surface area contributed by atoms with Gasteiger partial charge in [0.1, 0.15) is 22.1 Å². The largest absolute Gasteiger partial charge is 0.493 e. The molecule has 3 aromatic rings. The van der Waals surface area contributed by atoms with Crippen molar-refractivity contribution in [3.63, 3.8) is 0 Å². The Balaban J connectivity index is 1.40. The van der Waals surface area contributed by atoms with E-state index in [9.17, 15) is 9.90 Å². The van der Waals surface area contributed by atoms with Crippen molar-refractivity contribution < 1.29 is 14.6 Å². The Morgan fingerprint density at radius 1 is 1.23 bits per heavy atom. The number of carbonyl (C=O) groups is 1. The first-order valence-electron chi connectivity index (χ1n) is 10.6. The molecule has 1 unspecified atom stereocenters. The first-order valence-corrected chi connectivity index (χ1v) is 11.4. The maximum atomic E-state index is 12.8. The number of aromatic nitrogens is 3. The van der Waals surface area contributed by atoms with Crippen molar-refractivity contribution in [1.29, 1.82) is 0 Å². The molecule has 0 aliphatic carbocycles. The SMILES string of the molecule is Cc1nc(C2(O)CCCN(C(=O)c3ccnn3C)CC2)sc1CCOc1ccccc1. The van der Waals surface area contributed by atoms with Gasteiger partial charge in [0.05, 0.1) is 12.3 Å². The molecule has 0 saturated carbocycles. The number of aliphatic hydroxyl groups is 1. The topological polar surface area (TPSA) is 80.5 Å². The van der Waals surface area contributed by atoms with E-state index in [1.54, 1.807) is 35.3 Å². The van der Waals surface area contributed by atoms with Gasteiger partial charge in [0.2, 0.25) is 0 Å². The van der Waals surface area contributed by atoms with Gasteiger partial charge >= 0.3 is 0 Å². The van der Waals surface area contributed by atoms with Gasteiger partial charge in [0.15, 0.2) is 0 Å². The van der Waals surface area contributed by atoms with Crippen LogP contribution in [-0.2, 0) is 19.1 Å². The van der Waals surface area contributed by atoms with Crippen molar-refractivity contribution in [2.45, 2.75) is 38.2 Å². The summed E-state index contributed by atoms with van der Waals surface area (Å²) in [7, 11) is 1.77. The molecule has 2 aromatic heterocycles. The van der Waals surface area contributed by atoms with Gasteiger partial charge in [-0.3, -0.25) is 9.48 Å². The summed E-state index contributed by atoms with van der Waals surface area (Å²) >= 11 is 1.56. The second kappa shape index (κ2) is 9.20. The molecule has 8 heteroatoms. The highest BCUT2D eigenvalue weighted by Crippen LogP contribution is 2.37. The van der Waals surface area contributed by atoms with Crippen molar-refractivity contribution in [2.24, 2.45) is 7.05 Å². The van der Waals surface area contributed by atoms with E-state index in [0.29, 0.717) is 38.2 Å². The zero-order chi connectivity index (χ0) is 21.8. The Bertz CT molecular complexity index is 1030. The van der Waals surface area contributed by atoms with Gasteiger partial charge in [0.25, 0.3) is 5.91 Å². The number of benzene rings is 1. The summed E-state index contributed by atoms with van der Waals surface area (Å²) in [5.41, 5.74) is 0.503.